The molecule has 0 aliphatic heterocycles. The molecule has 0 saturated carbocycles. The van der Waals surface area contributed by atoms with E-state index in [9.17, 15) is 0 Å². The molecule has 182 valence electrons. The van der Waals surface area contributed by atoms with Gasteiger partial charge in [0.05, 0.1) is 0 Å². The molecular formula is C27H50S2Si2Sn. The number of hydrogen-bond donors (Lipinski definition) is 0. The summed E-state index contributed by atoms with van der Waals surface area (Å²) >= 11 is 1.89. The average molecular weight is 614 g/mol. The van der Waals surface area contributed by atoms with E-state index in [2.05, 4.69) is 102 Å². The second-order valence-electron chi connectivity index (χ2n) is 12.1. The van der Waals surface area contributed by atoms with Crippen molar-refractivity contribution in [1.82, 2.24) is 0 Å². The van der Waals surface area contributed by atoms with Gasteiger partial charge in [0.1, 0.15) is 0 Å². The van der Waals surface area contributed by atoms with Crippen molar-refractivity contribution in [3.63, 3.8) is 0 Å². The van der Waals surface area contributed by atoms with Crippen LogP contribution in [0.5, 0.6) is 0 Å². The maximum atomic E-state index is 2.82. The second kappa shape index (κ2) is 12.0. The van der Waals surface area contributed by atoms with Crippen LogP contribution < -0.4 is 12.6 Å². The van der Waals surface area contributed by atoms with Crippen LogP contribution in [-0.2, 0) is 0 Å². The number of rotatable bonds is 13. The topological polar surface area (TPSA) is 0 Å². The summed E-state index contributed by atoms with van der Waals surface area (Å²) in [4.78, 5) is 3.39. The standard InChI is InChI=1S/C15H23S2Si2.3C4H9.Sn/c1-11-10-14(19(5,6)7)17-15(11)12-8-9-13(16-12)18(2,3)4;3*1-3-4-2;/h9-10H,1-7H3;3*1,3-4H2,2H3;. The van der Waals surface area contributed by atoms with Gasteiger partial charge in [0.25, 0.3) is 0 Å². The third kappa shape index (κ3) is 7.08. The first-order valence-corrected chi connectivity index (χ1v) is 29.3. The molecule has 2 aromatic heterocycles. The Kier molecular flexibility index (Phi) is 10.9. The van der Waals surface area contributed by atoms with Crippen LogP contribution in [0.3, 0.4) is 0 Å². The van der Waals surface area contributed by atoms with Crippen LogP contribution in [0.1, 0.15) is 64.9 Å². The zero-order valence-electron chi connectivity index (χ0n) is 22.8. The molecule has 32 heavy (non-hydrogen) atoms. The van der Waals surface area contributed by atoms with Gasteiger partial charge in [-0.1, -0.05) is 0 Å². The first-order chi connectivity index (χ1) is 14.9. The molecule has 2 aromatic rings. The van der Waals surface area contributed by atoms with Crippen molar-refractivity contribution in [2.75, 3.05) is 0 Å². The van der Waals surface area contributed by atoms with Crippen molar-refractivity contribution in [2.24, 2.45) is 0 Å². The van der Waals surface area contributed by atoms with Gasteiger partial charge in [-0.2, -0.15) is 0 Å². The number of thiophene rings is 2. The summed E-state index contributed by atoms with van der Waals surface area (Å²) < 4.78 is 10.1. The summed E-state index contributed by atoms with van der Waals surface area (Å²) in [6.45, 7) is 24.8. The van der Waals surface area contributed by atoms with E-state index in [1.165, 1.54) is 38.5 Å². The minimum absolute atomic E-state index is 1.28. The Hall–Kier alpha value is 0.632. The van der Waals surface area contributed by atoms with E-state index in [1.807, 2.05) is 3.58 Å². The first kappa shape index (κ1) is 28.9. The van der Waals surface area contributed by atoms with Gasteiger partial charge in [-0.05, 0) is 0 Å². The molecule has 0 aliphatic rings. The predicted octanol–water partition coefficient (Wildman–Crippen LogP) is 8.93. The van der Waals surface area contributed by atoms with Crippen molar-refractivity contribution in [3.05, 3.63) is 17.7 Å². The number of aryl methyl sites for hydroxylation is 1. The Balaban J connectivity index is 2.77. The summed E-state index contributed by atoms with van der Waals surface area (Å²) in [6, 6.07) is 5.38. The number of hydrogen-bond acceptors (Lipinski definition) is 2. The molecule has 0 aliphatic carbocycles. The molecule has 5 heteroatoms. The second-order valence-corrected chi connectivity index (χ2v) is 38.1. The van der Waals surface area contributed by atoms with E-state index in [4.69, 9.17) is 0 Å². The van der Waals surface area contributed by atoms with Crippen LogP contribution in [0.2, 0.25) is 52.6 Å². The Labute approximate surface area is 214 Å². The molecule has 0 spiro atoms. The number of unbranched alkanes of at least 4 members (excludes halogenated alkanes) is 3. The monoisotopic (exact) mass is 614 g/mol. The van der Waals surface area contributed by atoms with Gasteiger partial charge < -0.3 is 0 Å². The van der Waals surface area contributed by atoms with Crippen molar-refractivity contribution in [1.29, 1.82) is 0 Å². The van der Waals surface area contributed by atoms with Gasteiger partial charge in [-0.25, -0.2) is 0 Å². The fraction of sp³-hybridized carbons (Fsp3) is 0.704. The molecule has 0 fully saturated rings. The molecule has 0 radical (unpaired) electrons. The molecule has 0 unspecified atom stereocenters. The summed E-state index contributed by atoms with van der Waals surface area (Å²) in [7, 11) is -2.61. The third-order valence-electron chi connectivity index (χ3n) is 6.93. The van der Waals surface area contributed by atoms with E-state index < -0.39 is 34.5 Å². The van der Waals surface area contributed by atoms with Crippen LogP contribution in [0.25, 0.3) is 9.75 Å². The van der Waals surface area contributed by atoms with E-state index in [1.54, 1.807) is 37.6 Å². The SMILES string of the molecule is CCC[CH2][Sn]([CH2]CCC)([CH2]CCC)[c]1cc([Si](C)(C)C)sc1-c1sc([Si](C)(C)C)cc1C. The van der Waals surface area contributed by atoms with Gasteiger partial charge in [0, 0.05) is 0 Å². The van der Waals surface area contributed by atoms with E-state index in [0.717, 1.165) is 0 Å². The Morgan fingerprint density at radius 1 is 0.656 bits per heavy atom. The van der Waals surface area contributed by atoms with Crippen LogP contribution in [0, 0.1) is 6.92 Å². The van der Waals surface area contributed by atoms with Gasteiger partial charge >= 0.3 is 216 Å². The molecule has 0 atom stereocenters. The molecule has 0 bridgehead atoms. The van der Waals surface area contributed by atoms with Crippen LogP contribution in [0.15, 0.2) is 12.1 Å². The molecular weight excluding hydrogens is 563 g/mol. The Bertz CT molecular complexity index is 830. The predicted molar refractivity (Wildman–Crippen MR) is 163 cm³/mol. The molecule has 0 aromatic carbocycles. The molecule has 2 rings (SSSR count). The van der Waals surface area contributed by atoms with Gasteiger partial charge in [-0.15, -0.1) is 0 Å². The molecule has 0 nitrogen and oxygen atoms in total. The van der Waals surface area contributed by atoms with E-state index in [-0.39, 0.29) is 0 Å². The maximum absolute atomic E-state index is 2.82. The van der Waals surface area contributed by atoms with Crippen LogP contribution >= 0.6 is 22.7 Å². The fourth-order valence-electron chi connectivity index (χ4n) is 4.72. The minimum atomic E-state index is -2.50. The van der Waals surface area contributed by atoms with Gasteiger partial charge in [0.15, 0.2) is 0 Å². The summed E-state index contributed by atoms with van der Waals surface area (Å²) in [5.41, 5.74) is 1.55. The summed E-state index contributed by atoms with van der Waals surface area (Å²) in [5, 5.41) is 0. The van der Waals surface area contributed by atoms with Crippen molar-refractivity contribution in [2.45, 2.75) is 119 Å². The van der Waals surface area contributed by atoms with Gasteiger partial charge in [0.2, 0.25) is 0 Å². The Morgan fingerprint density at radius 3 is 1.44 bits per heavy atom. The van der Waals surface area contributed by atoms with Crippen molar-refractivity contribution in [3.8, 4) is 9.75 Å². The van der Waals surface area contributed by atoms with Crippen LogP contribution in [0.4, 0.5) is 0 Å². The summed E-state index contributed by atoms with van der Waals surface area (Å²) in [6.07, 6.45) is 8.42. The van der Waals surface area contributed by atoms with E-state index >= 15 is 0 Å². The fourth-order valence-corrected chi connectivity index (χ4v) is 30.1. The molecule has 0 N–H and O–H groups in total. The van der Waals surface area contributed by atoms with Crippen molar-refractivity contribution >= 4 is 69.8 Å². The van der Waals surface area contributed by atoms with Crippen LogP contribution in [-0.4, -0.2) is 34.5 Å². The van der Waals surface area contributed by atoms with Crippen molar-refractivity contribution < 1.29 is 0 Å². The molecule has 0 amide bonds. The quantitative estimate of drug-likeness (QED) is 0.198. The average Bonchev–Trinajstić information content (AvgIpc) is 3.31. The molecule has 0 saturated heterocycles. The Morgan fingerprint density at radius 2 is 1.06 bits per heavy atom. The van der Waals surface area contributed by atoms with E-state index in [0.29, 0.717) is 0 Å². The molecule has 2 heterocycles. The first-order valence-electron chi connectivity index (χ1n) is 13.2. The third-order valence-corrected chi connectivity index (χ3v) is 32.8. The van der Waals surface area contributed by atoms with Gasteiger partial charge in [-0.3, -0.25) is 0 Å². The normalized spacial score (nSPS) is 13.2. The zero-order chi connectivity index (χ0) is 24.2. The zero-order valence-corrected chi connectivity index (χ0v) is 29.3. The summed E-state index contributed by atoms with van der Waals surface area (Å²) in [5.74, 6) is 0.